The van der Waals surface area contributed by atoms with E-state index in [1.54, 1.807) is 30.1 Å². The number of anilines is 2. The molecule has 1 amide bonds. The molecule has 0 saturated carbocycles. The van der Waals surface area contributed by atoms with E-state index in [0.29, 0.717) is 47.0 Å². The molecule has 1 saturated heterocycles. The third kappa shape index (κ3) is 3.64. The maximum absolute atomic E-state index is 12.4. The van der Waals surface area contributed by atoms with Gasteiger partial charge in [-0.25, -0.2) is 9.78 Å². The number of nitrogens with zero attached hydrogens (tertiary/aromatic N) is 4. The molecular weight excluding hydrogens is 394 g/mol. The topological polar surface area (TPSA) is 97.7 Å². The van der Waals surface area contributed by atoms with Crippen LogP contribution < -0.4 is 10.6 Å². The number of hydrogen-bond acceptors (Lipinski definition) is 7. The van der Waals surface area contributed by atoms with E-state index in [4.69, 9.17) is 26.5 Å². The number of amides is 1. The Hall–Kier alpha value is -2.74. The highest BCUT2D eigenvalue weighted by atomic mass is 35.5. The Balaban J connectivity index is 1.61. The van der Waals surface area contributed by atoms with Gasteiger partial charge in [-0.15, -0.1) is 0 Å². The lowest BCUT2D eigenvalue weighted by atomic mass is 10.1. The van der Waals surface area contributed by atoms with Gasteiger partial charge >= 0.3 is 6.09 Å². The molecular formula is C20H24ClN5O3. The minimum atomic E-state index is -0.338. The van der Waals surface area contributed by atoms with Crippen LogP contribution in [0.4, 0.5) is 16.6 Å². The van der Waals surface area contributed by atoms with E-state index in [9.17, 15) is 4.79 Å². The zero-order valence-electron chi connectivity index (χ0n) is 16.9. The molecule has 1 aromatic carbocycles. The van der Waals surface area contributed by atoms with Crippen LogP contribution in [0.2, 0.25) is 5.02 Å². The lowest BCUT2D eigenvalue weighted by Crippen LogP contribution is -2.44. The van der Waals surface area contributed by atoms with Crippen LogP contribution in [0.3, 0.4) is 0 Å². The molecule has 154 valence electrons. The lowest BCUT2D eigenvalue weighted by Gasteiger charge is -2.32. The summed E-state index contributed by atoms with van der Waals surface area (Å²) in [6.45, 7) is 7.06. The molecule has 4 rings (SSSR count). The third-order valence-corrected chi connectivity index (χ3v) is 5.50. The zero-order valence-corrected chi connectivity index (χ0v) is 17.7. The summed E-state index contributed by atoms with van der Waals surface area (Å²) in [4.78, 5) is 24.8. The van der Waals surface area contributed by atoms with Crippen LogP contribution in [-0.2, 0) is 4.74 Å². The Morgan fingerprint density at radius 1 is 1.38 bits per heavy atom. The number of benzene rings is 1. The molecule has 29 heavy (non-hydrogen) atoms. The molecule has 1 aliphatic rings. The summed E-state index contributed by atoms with van der Waals surface area (Å²) >= 11 is 6.13. The molecule has 0 aliphatic carbocycles. The molecule has 2 aromatic heterocycles. The number of nitrogen functional groups attached to an aromatic ring is 1. The third-order valence-electron chi connectivity index (χ3n) is 5.27. The fraction of sp³-hybridized carbons (Fsp3) is 0.450. The van der Waals surface area contributed by atoms with Crippen LogP contribution in [0.15, 0.2) is 22.6 Å². The van der Waals surface area contributed by atoms with E-state index in [1.807, 2.05) is 25.7 Å². The molecule has 0 unspecified atom stereocenters. The first-order valence-corrected chi connectivity index (χ1v) is 9.86. The van der Waals surface area contributed by atoms with E-state index >= 15 is 0 Å². The van der Waals surface area contributed by atoms with Gasteiger partial charge in [0, 0.05) is 36.0 Å². The molecule has 1 fully saturated rings. The maximum Gasteiger partial charge on any atom is 0.410 e. The molecule has 0 radical (unpaired) electrons. The monoisotopic (exact) mass is 417 g/mol. The second-order valence-corrected chi connectivity index (χ2v) is 8.73. The predicted molar refractivity (Wildman–Crippen MR) is 113 cm³/mol. The van der Waals surface area contributed by atoms with Crippen LogP contribution in [0.25, 0.3) is 22.1 Å². The largest absolute Gasteiger partial charge is 0.450 e. The molecule has 1 atom stereocenters. The van der Waals surface area contributed by atoms with E-state index in [-0.39, 0.29) is 23.7 Å². The van der Waals surface area contributed by atoms with Crippen molar-refractivity contribution in [2.24, 2.45) is 0 Å². The van der Waals surface area contributed by atoms with Crippen molar-refractivity contribution in [3.8, 4) is 0 Å². The smallest absolute Gasteiger partial charge is 0.410 e. The Morgan fingerprint density at radius 2 is 2.14 bits per heavy atom. The highest BCUT2D eigenvalue weighted by molar-refractivity contribution is 6.31. The normalized spacial score (nSPS) is 17.3. The molecule has 3 heterocycles. The molecule has 0 bridgehead atoms. The lowest BCUT2D eigenvalue weighted by molar-refractivity contribution is 0.0545. The summed E-state index contributed by atoms with van der Waals surface area (Å²) in [7, 11) is 1.74. The van der Waals surface area contributed by atoms with Crippen LogP contribution in [0, 0.1) is 0 Å². The van der Waals surface area contributed by atoms with Crippen LogP contribution >= 0.6 is 11.6 Å². The van der Waals surface area contributed by atoms with Crippen molar-refractivity contribution in [2.75, 3.05) is 30.8 Å². The predicted octanol–water partition coefficient (Wildman–Crippen LogP) is 4.06. The Labute approximate surface area is 173 Å². The number of halogens is 1. The van der Waals surface area contributed by atoms with Crippen molar-refractivity contribution >= 4 is 51.5 Å². The number of aromatic nitrogens is 2. The van der Waals surface area contributed by atoms with Gasteiger partial charge in [0.2, 0.25) is 5.95 Å². The Kier molecular flexibility index (Phi) is 4.69. The highest BCUT2D eigenvalue weighted by Crippen LogP contribution is 2.36. The number of ether oxygens (including phenoxy) is 1. The number of carbonyl (C=O) groups excluding carboxylic acids is 1. The molecule has 1 aliphatic heterocycles. The van der Waals surface area contributed by atoms with Crippen LogP contribution in [0.5, 0.6) is 0 Å². The molecule has 0 spiro atoms. The van der Waals surface area contributed by atoms with Gasteiger partial charge in [-0.1, -0.05) is 11.6 Å². The average Bonchev–Trinajstić information content (AvgIpc) is 3.24. The van der Waals surface area contributed by atoms with Gasteiger partial charge in [0.05, 0.1) is 6.54 Å². The maximum atomic E-state index is 12.4. The number of carbonyl (C=O) groups is 1. The van der Waals surface area contributed by atoms with E-state index in [0.717, 1.165) is 5.39 Å². The van der Waals surface area contributed by atoms with Crippen molar-refractivity contribution in [3.05, 3.63) is 23.2 Å². The summed E-state index contributed by atoms with van der Waals surface area (Å²) in [6.07, 6.45) is 0.119. The molecule has 2 N–H and O–H groups in total. The zero-order chi connectivity index (χ0) is 20.9. The van der Waals surface area contributed by atoms with Crippen molar-refractivity contribution < 1.29 is 13.9 Å². The first kappa shape index (κ1) is 19.6. The van der Waals surface area contributed by atoms with Gasteiger partial charge in [-0.2, -0.15) is 4.98 Å². The van der Waals surface area contributed by atoms with Gasteiger partial charge in [0.1, 0.15) is 17.2 Å². The first-order valence-electron chi connectivity index (χ1n) is 9.48. The standard InChI is InChI=1S/C20H24ClN5O3/c1-20(2,3)25(4)19(27)28-12-7-8-26(10-12)17-16-15(23-18(22)24-17)13-9-11(21)5-6-14(13)29-16/h5-6,9,12H,7-8,10H2,1-4H3,(H2,22,23,24)/t12-/m1/s1. The van der Waals surface area contributed by atoms with E-state index in [2.05, 4.69) is 9.97 Å². The fourth-order valence-electron chi connectivity index (χ4n) is 3.34. The molecule has 8 nitrogen and oxygen atoms in total. The second kappa shape index (κ2) is 6.95. The quantitative estimate of drug-likeness (QED) is 0.671. The summed E-state index contributed by atoms with van der Waals surface area (Å²) in [5.41, 5.74) is 7.50. The second-order valence-electron chi connectivity index (χ2n) is 8.30. The van der Waals surface area contributed by atoms with Gasteiger partial charge in [0.15, 0.2) is 11.4 Å². The minimum Gasteiger partial charge on any atom is -0.450 e. The molecule has 3 aromatic rings. The number of rotatable bonds is 2. The van der Waals surface area contributed by atoms with Gasteiger partial charge < -0.3 is 24.7 Å². The summed E-state index contributed by atoms with van der Waals surface area (Å²) in [5, 5.41) is 1.38. The van der Waals surface area contributed by atoms with Gasteiger partial charge in [-0.3, -0.25) is 0 Å². The molecule has 9 heteroatoms. The van der Waals surface area contributed by atoms with Crippen molar-refractivity contribution in [3.63, 3.8) is 0 Å². The van der Waals surface area contributed by atoms with E-state index < -0.39 is 0 Å². The average molecular weight is 418 g/mol. The van der Waals surface area contributed by atoms with Gasteiger partial charge in [0.25, 0.3) is 0 Å². The van der Waals surface area contributed by atoms with Crippen LogP contribution in [0.1, 0.15) is 27.2 Å². The number of nitrogens with two attached hydrogens (primary N) is 1. The number of fused-ring (bicyclic) bond motifs is 3. The van der Waals surface area contributed by atoms with Crippen LogP contribution in [-0.4, -0.2) is 52.7 Å². The Morgan fingerprint density at radius 3 is 2.86 bits per heavy atom. The summed E-state index contributed by atoms with van der Waals surface area (Å²) in [6, 6.07) is 5.37. The summed E-state index contributed by atoms with van der Waals surface area (Å²) < 4.78 is 11.7. The van der Waals surface area contributed by atoms with Crippen molar-refractivity contribution in [2.45, 2.75) is 38.8 Å². The number of furan rings is 1. The number of hydrogen-bond donors (Lipinski definition) is 1. The Bertz CT molecular complexity index is 1090. The minimum absolute atomic E-state index is 0.156. The highest BCUT2D eigenvalue weighted by Gasteiger charge is 2.32. The fourth-order valence-corrected chi connectivity index (χ4v) is 3.52. The van der Waals surface area contributed by atoms with Crippen molar-refractivity contribution in [1.29, 1.82) is 0 Å². The first-order chi connectivity index (χ1) is 13.6. The van der Waals surface area contributed by atoms with Gasteiger partial charge in [-0.05, 0) is 39.0 Å². The van der Waals surface area contributed by atoms with E-state index in [1.165, 1.54) is 0 Å². The van der Waals surface area contributed by atoms with Crippen molar-refractivity contribution in [1.82, 2.24) is 14.9 Å². The SMILES string of the molecule is CN(C(=O)O[C@@H]1CCN(c2nc(N)nc3c2oc2ccc(Cl)cc23)C1)C(C)(C)C. The summed E-state index contributed by atoms with van der Waals surface area (Å²) in [5.74, 6) is 0.755.